The standard InChI is InChI=1S/C14H20N2O4/c1-2-11(17)8-15-9-14(18)16-10-3-4-12-13(7-10)20-6-5-19-12/h3-4,7,11,15,17H,2,5-6,8-9H2,1H3,(H,16,18). The highest BCUT2D eigenvalue weighted by atomic mass is 16.6. The smallest absolute Gasteiger partial charge is 0.238 e. The van der Waals surface area contributed by atoms with Crippen LogP contribution >= 0.6 is 0 Å². The van der Waals surface area contributed by atoms with Gasteiger partial charge in [-0.15, -0.1) is 0 Å². The number of fused-ring (bicyclic) bond motifs is 1. The zero-order chi connectivity index (χ0) is 14.4. The minimum absolute atomic E-state index is 0.158. The van der Waals surface area contributed by atoms with Crippen LogP contribution in [0.3, 0.4) is 0 Å². The van der Waals surface area contributed by atoms with Crippen LogP contribution in [0, 0.1) is 0 Å². The normalized spacial score (nSPS) is 14.7. The van der Waals surface area contributed by atoms with E-state index in [1.54, 1.807) is 18.2 Å². The number of ether oxygens (including phenoxy) is 2. The Kier molecular flexibility index (Phi) is 5.20. The molecule has 1 heterocycles. The lowest BCUT2D eigenvalue weighted by molar-refractivity contribution is -0.115. The molecule has 0 fully saturated rings. The molecule has 2 rings (SSSR count). The fraction of sp³-hybridized carbons (Fsp3) is 0.500. The SMILES string of the molecule is CCC(O)CNCC(=O)Nc1ccc2c(c1)OCCO2. The fourth-order valence-electron chi connectivity index (χ4n) is 1.82. The number of benzene rings is 1. The molecule has 0 saturated carbocycles. The molecule has 0 bridgehead atoms. The lowest BCUT2D eigenvalue weighted by atomic mass is 10.2. The first-order valence-corrected chi connectivity index (χ1v) is 6.77. The molecule has 1 aliphatic heterocycles. The molecule has 1 unspecified atom stereocenters. The number of anilines is 1. The zero-order valence-corrected chi connectivity index (χ0v) is 11.5. The molecule has 0 aromatic heterocycles. The molecule has 6 heteroatoms. The molecule has 0 aliphatic carbocycles. The quantitative estimate of drug-likeness (QED) is 0.717. The number of carbonyl (C=O) groups is 1. The first kappa shape index (κ1) is 14.6. The van der Waals surface area contributed by atoms with Crippen LogP contribution in [0.15, 0.2) is 18.2 Å². The Bertz CT molecular complexity index is 464. The highest BCUT2D eigenvalue weighted by Gasteiger charge is 2.12. The van der Waals surface area contributed by atoms with E-state index in [4.69, 9.17) is 9.47 Å². The van der Waals surface area contributed by atoms with Gasteiger partial charge < -0.3 is 25.2 Å². The van der Waals surface area contributed by atoms with Crippen LogP contribution in [0.4, 0.5) is 5.69 Å². The van der Waals surface area contributed by atoms with E-state index in [-0.39, 0.29) is 12.5 Å². The average molecular weight is 280 g/mol. The summed E-state index contributed by atoms with van der Waals surface area (Å²) in [5.74, 6) is 1.17. The Balaban J connectivity index is 1.82. The molecule has 0 radical (unpaired) electrons. The largest absolute Gasteiger partial charge is 0.486 e. The van der Waals surface area contributed by atoms with Crippen molar-refractivity contribution < 1.29 is 19.4 Å². The number of aliphatic hydroxyl groups is 1. The minimum atomic E-state index is -0.419. The van der Waals surface area contributed by atoms with Crippen molar-refractivity contribution in [1.82, 2.24) is 5.32 Å². The monoisotopic (exact) mass is 280 g/mol. The van der Waals surface area contributed by atoms with E-state index in [1.807, 2.05) is 6.92 Å². The molecule has 20 heavy (non-hydrogen) atoms. The van der Waals surface area contributed by atoms with Crippen molar-refractivity contribution in [1.29, 1.82) is 0 Å². The van der Waals surface area contributed by atoms with Crippen molar-refractivity contribution in [3.8, 4) is 11.5 Å². The van der Waals surface area contributed by atoms with Crippen LogP contribution in [0.5, 0.6) is 11.5 Å². The van der Waals surface area contributed by atoms with Crippen LogP contribution in [0.1, 0.15) is 13.3 Å². The number of hydrogen-bond acceptors (Lipinski definition) is 5. The minimum Gasteiger partial charge on any atom is -0.486 e. The van der Waals surface area contributed by atoms with E-state index in [0.717, 1.165) is 0 Å². The van der Waals surface area contributed by atoms with Crippen LogP contribution in [-0.2, 0) is 4.79 Å². The summed E-state index contributed by atoms with van der Waals surface area (Å²) in [5, 5.41) is 15.0. The average Bonchev–Trinajstić information content (AvgIpc) is 2.47. The third-order valence-corrected chi connectivity index (χ3v) is 2.96. The van der Waals surface area contributed by atoms with Gasteiger partial charge >= 0.3 is 0 Å². The molecular formula is C14H20N2O4. The van der Waals surface area contributed by atoms with Crippen LogP contribution in [0.25, 0.3) is 0 Å². The molecule has 1 aliphatic rings. The molecule has 3 N–H and O–H groups in total. The van der Waals surface area contributed by atoms with Crippen molar-refractivity contribution in [2.45, 2.75) is 19.4 Å². The maximum absolute atomic E-state index is 11.7. The summed E-state index contributed by atoms with van der Waals surface area (Å²) in [6, 6.07) is 5.29. The van der Waals surface area contributed by atoms with Crippen molar-refractivity contribution in [3.63, 3.8) is 0 Å². The van der Waals surface area contributed by atoms with Gasteiger partial charge in [-0.25, -0.2) is 0 Å². The maximum atomic E-state index is 11.7. The predicted molar refractivity (Wildman–Crippen MR) is 75.2 cm³/mol. The molecule has 0 spiro atoms. The van der Waals surface area contributed by atoms with Crippen molar-refractivity contribution >= 4 is 11.6 Å². The maximum Gasteiger partial charge on any atom is 0.238 e. The molecule has 1 atom stereocenters. The first-order valence-electron chi connectivity index (χ1n) is 6.77. The second-order valence-electron chi connectivity index (χ2n) is 4.60. The zero-order valence-electron chi connectivity index (χ0n) is 11.5. The lowest BCUT2D eigenvalue weighted by Crippen LogP contribution is -2.33. The van der Waals surface area contributed by atoms with Crippen LogP contribution < -0.4 is 20.1 Å². The second kappa shape index (κ2) is 7.12. The summed E-state index contributed by atoms with van der Waals surface area (Å²) in [5.41, 5.74) is 0.664. The number of nitrogens with one attached hydrogen (secondary N) is 2. The molecular weight excluding hydrogens is 260 g/mol. The van der Waals surface area contributed by atoms with Crippen LogP contribution in [0.2, 0.25) is 0 Å². The lowest BCUT2D eigenvalue weighted by Gasteiger charge is -2.19. The van der Waals surface area contributed by atoms with Gasteiger partial charge in [0.15, 0.2) is 11.5 Å². The fourth-order valence-corrected chi connectivity index (χ4v) is 1.82. The Morgan fingerprint density at radius 3 is 2.85 bits per heavy atom. The van der Waals surface area contributed by atoms with Crippen LogP contribution in [-0.4, -0.2) is 43.4 Å². The van der Waals surface area contributed by atoms with Crippen molar-refractivity contribution in [2.75, 3.05) is 31.6 Å². The summed E-state index contributed by atoms with van der Waals surface area (Å²) in [4.78, 5) is 11.7. The molecule has 1 aromatic rings. The molecule has 110 valence electrons. The third-order valence-electron chi connectivity index (χ3n) is 2.96. The predicted octanol–water partition coefficient (Wildman–Crippen LogP) is 0.757. The Morgan fingerprint density at radius 2 is 2.10 bits per heavy atom. The van der Waals surface area contributed by atoms with Gasteiger partial charge in [-0.2, -0.15) is 0 Å². The van der Waals surface area contributed by atoms with E-state index in [1.165, 1.54) is 0 Å². The summed E-state index contributed by atoms with van der Waals surface area (Å²) in [7, 11) is 0. The molecule has 0 saturated heterocycles. The van der Waals surface area contributed by atoms with Gasteiger partial charge in [0.05, 0.1) is 12.6 Å². The Morgan fingerprint density at radius 1 is 1.35 bits per heavy atom. The van der Waals surface area contributed by atoms with Gasteiger partial charge in [0.25, 0.3) is 0 Å². The van der Waals surface area contributed by atoms with Gasteiger partial charge in [0.2, 0.25) is 5.91 Å². The van der Waals surface area contributed by atoms with Crippen molar-refractivity contribution in [2.24, 2.45) is 0 Å². The van der Waals surface area contributed by atoms with E-state index in [2.05, 4.69) is 10.6 Å². The Hall–Kier alpha value is -1.79. The third kappa shape index (κ3) is 4.11. The number of aliphatic hydroxyl groups excluding tert-OH is 1. The number of carbonyl (C=O) groups excluding carboxylic acids is 1. The van der Waals surface area contributed by atoms with E-state index in [9.17, 15) is 9.90 Å². The first-order chi connectivity index (χ1) is 9.69. The molecule has 1 aromatic carbocycles. The topological polar surface area (TPSA) is 79.8 Å². The molecule has 6 nitrogen and oxygen atoms in total. The number of amides is 1. The van der Waals surface area contributed by atoms with Gasteiger partial charge in [-0.05, 0) is 18.6 Å². The summed E-state index contributed by atoms with van der Waals surface area (Å²) in [6.07, 6.45) is 0.244. The number of hydrogen-bond donors (Lipinski definition) is 3. The summed E-state index contributed by atoms with van der Waals surface area (Å²) in [6.45, 7) is 3.52. The molecule has 1 amide bonds. The van der Waals surface area contributed by atoms with E-state index < -0.39 is 6.10 Å². The summed E-state index contributed by atoms with van der Waals surface area (Å²) >= 11 is 0. The van der Waals surface area contributed by atoms with Gasteiger partial charge in [-0.3, -0.25) is 4.79 Å². The Labute approximate surface area is 118 Å². The highest BCUT2D eigenvalue weighted by molar-refractivity contribution is 5.92. The van der Waals surface area contributed by atoms with E-state index in [0.29, 0.717) is 43.4 Å². The van der Waals surface area contributed by atoms with Gasteiger partial charge in [0.1, 0.15) is 13.2 Å². The summed E-state index contributed by atoms with van der Waals surface area (Å²) < 4.78 is 10.9. The van der Waals surface area contributed by atoms with Gasteiger partial charge in [-0.1, -0.05) is 6.92 Å². The van der Waals surface area contributed by atoms with E-state index >= 15 is 0 Å². The highest BCUT2D eigenvalue weighted by Crippen LogP contribution is 2.32. The second-order valence-corrected chi connectivity index (χ2v) is 4.60. The van der Waals surface area contributed by atoms with Gasteiger partial charge in [0, 0.05) is 18.3 Å². The number of rotatable bonds is 6. The van der Waals surface area contributed by atoms with Crippen molar-refractivity contribution in [3.05, 3.63) is 18.2 Å².